The maximum Gasteiger partial charge on any atom is 0.339 e. The van der Waals surface area contributed by atoms with E-state index in [1.165, 1.54) is 7.11 Å². The average molecular weight is 276 g/mol. The van der Waals surface area contributed by atoms with Crippen molar-refractivity contribution in [2.24, 2.45) is 5.41 Å². The molecule has 108 valence electrons. The number of amides is 1. The summed E-state index contributed by atoms with van der Waals surface area (Å²) in [5.41, 5.74) is 1.39. The van der Waals surface area contributed by atoms with Crippen molar-refractivity contribution in [3.8, 4) is 0 Å². The molecule has 0 saturated carbocycles. The van der Waals surface area contributed by atoms with Gasteiger partial charge in [0.1, 0.15) is 0 Å². The molecule has 1 amide bonds. The van der Waals surface area contributed by atoms with Crippen LogP contribution in [0.5, 0.6) is 0 Å². The molecule has 1 heterocycles. The van der Waals surface area contributed by atoms with Crippen LogP contribution in [0.1, 0.15) is 29.3 Å². The first-order valence-corrected chi connectivity index (χ1v) is 6.67. The second-order valence-corrected chi connectivity index (χ2v) is 5.48. The van der Waals surface area contributed by atoms with Gasteiger partial charge in [-0.2, -0.15) is 0 Å². The lowest BCUT2D eigenvalue weighted by Crippen LogP contribution is -2.35. The Hall–Kier alpha value is -1.88. The van der Waals surface area contributed by atoms with Crippen LogP contribution >= 0.6 is 0 Å². The maximum absolute atomic E-state index is 12.4. The molecular weight excluding hydrogens is 256 g/mol. The molecular formula is C15H20N2O3. The summed E-state index contributed by atoms with van der Waals surface area (Å²) in [6, 6.07) is 5.32. The van der Waals surface area contributed by atoms with E-state index in [4.69, 9.17) is 4.74 Å². The van der Waals surface area contributed by atoms with E-state index in [9.17, 15) is 9.59 Å². The molecule has 5 nitrogen and oxygen atoms in total. The second kappa shape index (κ2) is 5.63. The third kappa shape index (κ3) is 2.82. The third-order valence-corrected chi connectivity index (χ3v) is 3.75. The first kappa shape index (κ1) is 14.5. The highest BCUT2D eigenvalue weighted by Crippen LogP contribution is 2.27. The van der Waals surface area contributed by atoms with E-state index in [2.05, 4.69) is 10.6 Å². The Morgan fingerprint density at radius 1 is 1.40 bits per heavy atom. The molecule has 2 rings (SSSR count). The minimum atomic E-state index is -0.446. The van der Waals surface area contributed by atoms with Gasteiger partial charge in [0.05, 0.1) is 23.8 Å². The Labute approximate surface area is 118 Å². The maximum atomic E-state index is 12.4. The van der Waals surface area contributed by atoms with Crippen LogP contribution in [0.4, 0.5) is 5.69 Å². The van der Waals surface area contributed by atoms with Gasteiger partial charge < -0.3 is 15.4 Å². The molecule has 5 heteroatoms. The van der Waals surface area contributed by atoms with Gasteiger partial charge in [-0.05, 0) is 38.9 Å². The van der Waals surface area contributed by atoms with Gasteiger partial charge in [0.15, 0.2) is 0 Å². The van der Waals surface area contributed by atoms with Crippen LogP contribution < -0.4 is 10.6 Å². The van der Waals surface area contributed by atoms with Gasteiger partial charge >= 0.3 is 5.97 Å². The van der Waals surface area contributed by atoms with Crippen molar-refractivity contribution >= 4 is 17.6 Å². The van der Waals surface area contributed by atoms with Crippen LogP contribution in [-0.4, -0.2) is 32.1 Å². The van der Waals surface area contributed by atoms with Crippen molar-refractivity contribution in [1.82, 2.24) is 5.32 Å². The highest BCUT2D eigenvalue weighted by atomic mass is 16.5. The SMILES string of the molecule is COC(=O)c1cc(C)ccc1NC(=O)C1(C)CCNC1. The molecule has 2 N–H and O–H groups in total. The number of benzene rings is 1. The molecule has 0 aromatic heterocycles. The highest BCUT2D eigenvalue weighted by Gasteiger charge is 2.36. The van der Waals surface area contributed by atoms with Gasteiger partial charge in [-0.25, -0.2) is 4.79 Å². The summed E-state index contributed by atoms with van der Waals surface area (Å²) in [6.45, 7) is 5.30. The number of carbonyl (C=O) groups is 2. The van der Waals surface area contributed by atoms with Crippen molar-refractivity contribution in [3.05, 3.63) is 29.3 Å². The molecule has 1 saturated heterocycles. The fourth-order valence-corrected chi connectivity index (χ4v) is 2.33. The molecule has 0 bridgehead atoms. The first-order chi connectivity index (χ1) is 9.46. The van der Waals surface area contributed by atoms with Gasteiger partial charge in [-0.3, -0.25) is 4.79 Å². The molecule has 1 aliphatic rings. The fraction of sp³-hybridized carbons (Fsp3) is 0.467. The van der Waals surface area contributed by atoms with Crippen molar-refractivity contribution in [2.75, 3.05) is 25.5 Å². The molecule has 0 aliphatic carbocycles. The number of esters is 1. The number of carbonyl (C=O) groups excluding carboxylic acids is 2. The molecule has 1 fully saturated rings. The molecule has 1 aromatic carbocycles. The van der Waals surface area contributed by atoms with E-state index in [1.807, 2.05) is 19.9 Å². The quantitative estimate of drug-likeness (QED) is 0.825. The molecule has 20 heavy (non-hydrogen) atoms. The minimum absolute atomic E-state index is 0.0727. The topological polar surface area (TPSA) is 67.4 Å². The number of rotatable bonds is 3. The van der Waals surface area contributed by atoms with E-state index in [0.717, 1.165) is 18.5 Å². The average Bonchev–Trinajstić information content (AvgIpc) is 2.88. The Balaban J connectivity index is 2.25. The van der Waals surface area contributed by atoms with Crippen LogP contribution in [0.3, 0.4) is 0 Å². The summed E-state index contributed by atoms with van der Waals surface area (Å²) in [7, 11) is 1.33. The number of methoxy groups -OCH3 is 1. The number of hydrogen-bond donors (Lipinski definition) is 2. The van der Waals surface area contributed by atoms with E-state index in [-0.39, 0.29) is 5.91 Å². The van der Waals surface area contributed by atoms with Crippen molar-refractivity contribution in [2.45, 2.75) is 20.3 Å². The van der Waals surface area contributed by atoms with Gasteiger partial charge in [0.25, 0.3) is 0 Å². The zero-order valence-corrected chi connectivity index (χ0v) is 12.1. The van der Waals surface area contributed by atoms with E-state index >= 15 is 0 Å². The Morgan fingerprint density at radius 2 is 2.15 bits per heavy atom. The van der Waals surface area contributed by atoms with E-state index in [1.54, 1.807) is 12.1 Å². The van der Waals surface area contributed by atoms with E-state index in [0.29, 0.717) is 17.8 Å². The van der Waals surface area contributed by atoms with Crippen LogP contribution in [-0.2, 0) is 9.53 Å². The van der Waals surface area contributed by atoms with E-state index < -0.39 is 11.4 Å². The number of ether oxygens (including phenoxy) is 1. The number of aryl methyl sites for hydroxylation is 1. The molecule has 1 aromatic rings. The zero-order valence-electron chi connectivity index (χ0n) is 12.1. The Morgan fingerprint density at radius 3 is 2.75 bits per heavy atom. The first-order valence-electron chi connectivity index (χ1n) is 6.67. The zero-order chi connectivity index (χ0) is 14.8. The standard InChI is InChI=1S/C15H20N2O3/c1-10-4-5-12(11(8-10)13(18)20-3)17-14(19)15(2)6-7-16-9-15/h4-5,8,16H,6-7,9H2,1-3H3,(H,17,19). The predicted molar refractivity (Wildman–Crippen MR) is 76.7 cm³/mol. The Bertz CT molecular complexity index is 534. The normalized spacial score (nSPS) is 21.6. The van der Waals surface area contributed by atoms with Gasteiger partial charge in [0.2, 0.25) is 5.91 Å². The summed E-state index contributed by atoms with van der Waals surface area (Å²) in [6.07, 6.45) is 0.790. The summed E-state index contributed by atoms with van der Waals surface area (Å²) in [4.78, 5) is 24.2. The third-order valence-electron chi connectivity index (χ3n) is 3.75. The fourth-order valence-electron chi connectivity index (χ4n) is 2.33. The molecule has 1 aliphatic heterocycles. The number of nitrogens with one attached hydrogen (secondary N) is 2. The monoisotopic (exact) mass is 276 g/mol. The van der Waals surface area contributed by atoms with Crippen molar-refractivity contribution in [3.63, 3.8) is 0 Å². The molecule has 0 spiro atoms. The summed E-state index contributed by atoms with van der Waals surface area (Å²) in [5.74, 6) is -0.518. The molecule has 1 unspecified atom stereocenters. The lowest BCUT2D eigenvalue weighted by Gasteiger charge is -2.22. The predicted octanol–water partition coefficient (Wildman–Crippen LogP) is 1.72. The molecule has 1 atom stereocenters. The highest BCUT2D eigenvalue weighted by molar-refractivity contribution is 6.03. The van der Waals surface area contributed by atoms with Crippen LogP contribution in [0.25, 0.3) is 0 Å². The largest absolute Gasteiger partial charge is 0.465 e. The van der Waals surface area contributed by atoms with Crippen molar-refractivity contribution in [1.29, 1.82) is 0 Å². The number of anilines is 1. The van der Waals surface area contributed by atoms with Crippen LogP contribution in [0.15, 0.2) is 18.2 Å². The van der Waals surface area contributed by atoms with Crippen molar-refractivity contribution < 1.29 is 14.3 Å². The summed E-state index contributed by atoms with van der Waals surface area (Å²) >= 11 is 0. The lowest BCUT2D eigenvalue weighted by molar-refractivity contribution is -0.123. The summed E-state index contributed by atoms with van der Waals surface area (Å²) in [5, 5.41) is 6.04. The van der Waals surface area contributed by atoms with Gasteiger partial charge in [-0.15, -0.1) is 0 Å². The minimum Gasteiger partial charge on any atom is -0.465 e. The van der Waals surface area contributed by atoms with Gasteiger partial charge in [0, 0.05) is 6.54 Å². The molecule has 0 radical (unpaired) electrons. The van der Waals surface area contributed by atoms with Crippen LogP contribution in [0, 0.1) is 12.3 Å². The summed E-state index contributed by atoms with van der Waals surface area (Å²) < 4.78 is 4.76. The van der Waals surface area contributed by atoms with Gasteiger partial charge in [-0.1, -0.05) is 11.6 Å². The second-order valence-electron chi connectivity index (χ2n) is 5.48. The lowest BCUT2D eigenvalue weighted by atomic mass is 9.88. The number of hydrogen-bond acceptors (Lipinski definition) is 4. The van der Waals surface area contributed by atoms with Crippen LogP contribution in [0.2, 0.25) is 0 Å². The smallest absolute Gasteiger partial charge is 0.339 e. The Kier molecular flexibility index (Phi) is 4.09.